The molecule has 4 aliphatic carbocycles. The molecule has 7 atom stereocenters. The maximum atomic E-state index is 13.4. The molecule has 5 aliphatic rings. The van der Waals surface area contributed by atoms with Gasteiger partial charge in [0.1, 0.15) is 11.2 Å². The van der Waals surface area contributed by atoms with Gasteiger partial charge in [-0.05, 0) is 12.0 Å². The average Bonchev–Trinajstić information content (AvgIpc) is 2.95. The Morgan fingerprint density at radius 1 is 1.00 bits per heavy atom. The van der Waals surface area contributed by atoms with E-state index in [0.717, 1.165) is 6.42 Å². The summed E-state index contributed by atoms with van der Waals surface area (Å²) in [6.45, 7) is 14.2. The molecular weight excluding hydrogens is 400 g/mol. The highest BCUT2D eigenvalue weighted by Crippen LogP contribution is 2.96. The lowest BCUT2D eigenvalue weighted by Crippen LogP contribution is -2.57. The number of fused-ring (bicyclic) bond motifs is 4. The summed E-state index contributed by atoms with van der Waals surface area (Å²) in [5.74, 6) is -0.148. The Morgan fingerprint density at radius 2 is 1.59 bits per heavy atom. The molecule has 1 saturated heterocycles. The van der Waals surface area contributed by atoms with Crippen molar-refractivity contribution >= 4 is 28.1 Å². The average molecular weight is 433 g/mol. The number of rotatable bonds is 4. The van der Waals surface area contributed by atoms with Gasteiger partial charge in [0.15, 0.2) is 0 Å². The SMILES string of the molecule is COC(=O)C1=C(C(=O)OC)[C@]2([Si](C)(C)C)[C@H]([Si](C)(C)C)[C@H]1[C@@]13O[C@@]12[C@H]1C=C[C@H]3C1. The number of hydrogen-bond donors (Lipinski definition) is 0. The lowest BCUT2D eigenvalue weighted by atomic mass is 9.70. The zero-order valence-corrected chi connectivity index (χ0v) is 20.7. The Balaban J connectivity index is 1.92. The first kappa shape index (κ1) is 19.8. The molecule has 0 radical (unpaired) electrons. The first-order valence-corrected chi connectivity index (χ1v) is 17.8. The molecule has 3 fully saturated rings. The van der Waals surface area contributed by atoms with Crippen molar-refractivity contribution in [1.82, 2.24) is 0 Å². The van der Waals surface area contributed by atoms with Gasteiger partial charge < -0.3 is 14.2 Å². The molecule has 1 heterocycles. The topological polar surface area (TPSA) is 65.1 Å². The van der Waals surface area contributed by atoms with Crippen molar-refractivity contribution in [1.29, 1.82) is 0 Å². The van der Waals surface area contributed by atoms with Crippen LogP contribution in [0.5, 0.6) is 0 Å². The van der Waals surface area contributed by atoms with Crippen LogP contribution in [0, 0.1) is 17.8 Å². The van der Waals surface area contributed by atoms with Gasteiger partial charge in [0, 0.05) is 30.9 Å². The van der Waals surface area contributed by atoms with Gasteiger partial charge in [0.25, 0.3) is 0 Å². The van der Waals surface area contributed by atoms with E-state index in [9.17, 15) is 9.59 Å². The minimum absolute atomic E-state index is 0.0672. The van der Waals surface area contributed by atoms with Crippen LogP contribution < -0.4 is 0 Å². The molecule has 0 amide bonds. The summed E-state index contributed by atoms with van der Waals surface area (Å²) in [4.78, 5) is 26.6. The third-order valence-electron chi connectivity index (χ3n) is 8.76. The second-order valence-electron chi connectivity index (χ2n) is 11.6. The molecule has 0 aromatic carbocycles. The zero-order chi connectivity index (χ0) is 21.4. The van der Waals surface area contributed by atoms with Crippen LogP contribution >= 0.6 is 0 Å². The molecule has 0 spiro atoms. The Labute approximate surface area is 174 Å². The van der Waals surface area contributed by atoms with Crippen LogP contribution in [-0.2, 0) is 23.8 Å². The molecular formula is C22H32O5Si2. The van der Waals surface area contributed by atoms with E-state index in [0.29, 0.717) is 23.0 Å². The van der Waals surface area contributed by atoms with Crippen molar-refractivity contribution in [2.75, 3.05) is 14.2 Å². The van der Waals surface area contributed by atoms with Gasteiger partial charge >= 0.3 is 11.9 Å². The molecule has 5 nitrogen and oxygen atoms in total. The van der Waals surface area contributed by atoms with E-state index in [2.05, 4.69) is 51.4 Å². The molecule has 0 N–H and O–H groups in total. The summed E-state index contributed by atoms with van der Waals surface area (Å²) >= 11 is 0. The van der Waals surface area contributed by atoms with Crippen LogP contribution in [0.3, 0.4) is 0 Å². The lowest BCUT2D eigenvalue weighted by molar-refractivity contribution is -0.140. The fourth-order valence-electron chi connectivity index (χ4n) is 8.56. The summed E-state index contributed by atoms with van der Waals surface area (Å²) in [5.41, 5.74) is 0.781. The van der Waals surface area contributed by atoms with Crippen LogP contribution in [0.15, 0.2) is 23.3 Å². The molecule has 158 valence electrons. The smallest absolute Gasteiger partial charge is 0.334 e. The standard InChI is InChI=1S/C22H32O5Si2/c1-25-18(23)14-15-17(28(3,4)5)21(29(6,7)8,16(14)19(24)26-2)22-13-10-9-12(11-13)20(15,22)27-22/h9-10,12-13,15,17H,11H2,1-8H3/t12-,13-,15-,17+,20+,21-,22-/m0/s1. The molecule has 0 unspecified atom stereocenters. The monoisotopic (exact) mass is 432 g/mol. The highest BCUT2D eigenvalue weighted by molar-refractivity contribution is 6.87. The van der Waals surface area contributed by atoms with Crippen molar-refractivity contribution in [3.63, 3.8) is 0 Å². The van der Waals surface area contributed by atoms with E-state index in [-0.39, 0.29) is 34.6 Å². The van der Waals surface area contributed by atoms with Gasteiger partial charge in [-0.3, -0.25) is 0 Å². The first-order valence-electron chi connectivity index (χ1n) is 10.7. The predicted molar refractivity (Wildman–Crippen MR) is 115 cm³/mol. The van der Waals surface area contributed by atoms with E-state index in [1.807, 2.05) is 0 Å². The van der Waals surface area contributed by atoms with Crippen LogP contribution in [0.25, 0.3) is 0 Å². The highest BCUT2D eigenvalue weighted by atomic mass is 28.3. The van der Waals surface area contributed by atoms with E-state index < -0.39 is 21.2 Å². The van der Waals surface area contributed by atoms with Crippen molar-refractivity contribution in [3.8, 4) is 0 Å². The predicted octanol–water partition coefficient (Wildman–Crippen LogP) is 3.77. The summed E-state index contributed by atoms with van der Waals surface area (Å²) in [5, 5.41) is -0.421. The molecule has 29 heavy (non-hydrogen) atoms. The largest absolute Gasteiger partial charge is 0.466 e. The Kier molecular flexibility index (Phi) is 3.52. The Bertz CT molecular complexity index is 909. The van der Waals surface area contributed by atoms with Gasteiger partial charge in [-0.15, -0.1) is 0 Å². The summed E-state index contributed by atoms with van der Waals surface area (Å²) < 4.78 is 17.5. The Hall–Kier alpha value is -1.19. The normalized spacial score (nSPS) is 46.1. The lowest BCUT2D eigenvalue weighted by Gasteiger charge is -2.53. The molecule has 1 aliphatic heterocycles. The number of ether oxygens (including phenoxy) is 3. The van der Waals surface area contributed by atoms with E-state index in [4.69, 9.17) is 14.2 Å². The molecule has 0 aromatic rings. The maximum absolute atomic E-state index is 13.4. The summed E-state index contributed by atoms with van der Waals surface area (Å²) in [7, 11) is -1.07. The fraction of sp³-hybridized carbons (Fsp3) is 0.727. The van der Waals surface area contributed by atoms with E-state index >= 15 is 0 Å². The molecule has 5 rings (SSSR count). The van der Waals surface area contributed by atoms with Gasteiger partial charge in [0.05, 0.1) is 33.4 Å². The van der Waals surface area contributed by atoms with Crippen LogP contribution in [0.1, 0.15) is 6.42 Å². The minimum Gasteiger partial charge on any atom is -0.466 e. The third kappa shape index (κ3) is 1.69. The van der Waals surface area contributed by atoms with Gasteiger partial charge in [-0.2, -0.15) is 0 Å². The van der Waals surface area contributed by atoms with Crippen molar-refractivity contribution < 1.29 is 23.8 Å². The van der Waals surface area contributed by atoms with Crippen molar-refractivity contribution in [2.24, 2.45) is 17.8 Å². The number of epoxide rings is 1. The molecule has 2 saturated carbocycles. The molecule has 4 bridgehead atoms. The number of carbonyl (C=O) groups is 2. The van der Waals surface area contributed by atoms with Crippen LogP contribution in [0.2, 0.25) is 49.9 Å². The van der Waals surface area contributed by atoms with Gasteiger partial charge in [0.2, 0.25) is 0 Å². The number of methoxy groups -OCH3 is 2. The summed E-state index contributed by atoms with van der Waals surface area (Å²) in [6.07, 6.45) is 5.71. The number of esters is 2. The quantitative estimate of drug-likeness (QED) is 0.293. The van der Waals surface area contributed by atoms with Gasteiger partial charge in [-0.25, -0.2) is 9.59 Å². The van der Waals surface area contributed by atoms with Crippen LogP contribution in [0.4, 0.5) is 0 Å². The van der Waals surface area contributed by atoms with E-state index in [1.165, 1.54) is 14.2 Å². The zero-order valence-electron chi connectivity index (χ0n) is 18.7. The van der Waals surface area contributed by atoms with E-state index in [1.54, 1.807) is 0 Å². The minimum atomic E-state index is -2.10. The molecule has 0 aromatic heterocycles. The first-order chi connectivity index (χ1) is 13.4. The molecule has 7 heteroatoms. The van der Waals surface area contributed by atoms with Crippen molar-refractivity contribution in [2.45, 2.75) is 67.5 Å². The summed E-state index contributed by atoms with van der Waals surface area (Å²) in [6, 6.07) is 0. The number of hydrogen-bond acceptors (Lipinski definition) is 5. The fourth-order valence-corrected chi connectivity index (χ4v) is 17.9. The number of carbonyl (C=O) groups excluding carboxylic acids is 2. The van der Waals surface area contributed by atoms with Gasteiger partial charge in [-0.1, -0.05) is 51.4 Å². The second kappa shape index (κ2) is 5.17. The van der Waals surface area contributed by atoms with Crippen molar-refractivity contribution in [3.05, 3.63) is 23.3 Å². The maximum Gasteiger partial charge on any atom is 0.334 e. The highest BCUT2D eigenvalue weighted by Gasteiger charge is 3.01. The second-order valence-corrected chi connectivity index (χ2v) is 22.3. The third-order valence-corrected chi connectivity index (χ3v) is 15.0. The van der Waals surface area contributed by atoms with Crippen LogP contribution in [-0.4, -0.2) is 53.5 Å². The Morgan fingerprint density at radius 3 is 2.10 bits per heavy atom.